The number of nitrogens with zero attached hydrogens (tertiary/aromatic N) is 2. The van der Waals surface area contributed by atoms with Crippen LogP contribution >= 0.6 is 0 Å². The average Bonchev–Trinajstić information content (AvgIpc) is 3.08. The van der Waals surface area contributed by atoms with Gasteiger partial charge in [-0.15, -0.1) is 0 Å². The van der Waals surface area contributed by atoms with E-state index in [1.54, 1.807) is 0 Å². The lowest BCUT2D eigenvalue weighted by Gasteiger charge is -2.29. The number of rotatable bonds is 4. The quantitative estimate of drug-likeness (QED) is 0.697. The van der Waals surface area contributed by atoms with Gasteiger partial charge in [0.15, 0.2) is 0 Å². The van der Waals surface area contributed by atoms with Crippen molar-refractivity contribution in [2.45, 2.75) is 38.1 Å². The highest BCUT2D eigenvalue weighted by molar-refractivity contribution is 6.07. The number of piperidine rings is 1. The van der Waals surface area contributed by atoms with E-state index in [4.69, 9.17) is 0 Å². The van der Waals surface area contributed by atoms with Gasteiger partial charge in [0.05, 0.1) is 12.2 Å². The van der Waals surface area contributed by atoms with E-state index in [0.29, 0.717) is 5.56 Å². The lowest BCUT2D eigenvalue weighted by atomic mass is 10.0. The first-order valence-corrected chi connectivity index (χ1v) is 9.73. The Bertz CT molecular complexity index is 1130. The van der Waals surface area contributed by atoms with Crippen LogP contribution in [0.2, 0.25) is 0 Å². The van der Waals surface area contributed by atoms with Crippen molar-refractivity contribution in [3.63, 3.8) is 0 Å². The molecule has 4 amide bonds. The van der Waals surface area contributed by atoms with Crippen LogP contribution in [0.5, 0.6) is 0 Å². The number of alkyl halides is 3. The smallest absolute Gasteiger partial charge is 0.346 e. The maximum Gasteiger partial charge on any atom is 0.433 e. The molecule has 1 atom stereocenters. The van der Waals surface area contributed by atoms with Gasteiger partial charge in [-0.05, 0) is 36.2 Å². The van der Waals surface area contributed by atoms with E-state index >= 15 is 0 Å². The Morgan fingerprint density at radius 3 is 2.62 bits per heavy atom. The van der Waals surface area contributed by atoms with Crippen molar-refractivity contribution in [2.75, 3.05) is 0 Å². The number of aromatic nitrogens is 1. The summed E-state index contributed by atoms with van der Waals surface area (Å²) in [6.07, 6.45) is -4.30. The van der Waals surface area contributed by atoms with Gasteiger partial charge < -0.3 is 10.2 Å². The summed E-state index contributed by atoms with van der Waals surface area (Å²) in [5.74, 6) is -1.98. The van der Waals surface area contributed by atoms with E-state index in [0.717, 1.165) is 6.07 Å². The van der Waals surface area contributed by atoms with Gasteiger partial charge in [0, 0.05) is 24.1 Å². The van der Waals surface area contributed by atoms with Crippen molar-refractivity contribution in [3.8, 4) is 0 Å². The molecule has 0 aliphatic carbocycles. The Morgan fingerprint density at radius 1 is 1.16 bits per heavy atom. The minimum atomic E-state index is -4.60. The summed E-state index contributed by atoms with van der Waals surface area (Å²) in [7, 11) is 0. The summed E-state index contributed by atoms with van der Waals surface area (Å²) in [5, 5.41) is 4.73. The van der Waals surface area contributed by atoms with E-state index in [1.807, 2.05) is 0 Å². The highest BCUT2D eigenvalue weighted by Crippen LogP contribution is 2.30. The molecule has 1 saturated heterocycles. The number of carbonyl (C=O) groups excluding carboxylic acids is 4. The van der Waals surface area contributed by atoms with Gasteiger partial charge in [-0.3, -0.25) is 24.5 Å². The Hall–Kier alpha value is -3.76. The number of benzene rings is 1. The first-order chi connectivity index (χ1) is 15.1. The van der Waals surface area contributed by atoms with Gasteiger partial charge in [0.2, 0.25) is 11.8 Å². The standard InChI is InChI=1S/C21H17F3N4O4/c22-21(23,24)16-6-1-3-11(26-16)9-25-18(30)12-4-2-5-13-14(12)10-28(20(13)32)15-7-8-17(29)27-19(15)31/h1-6,15H,7-10H2,(H,25,30)(H,27,29,31). The Kier molecular flexibility index (Phi) is 5.41. The van der Waals surface area contributed by atoms with Gasteiger partial charge >= 0.3 is 6.18 Å². The molecule has 3 heterocycles. The molecule has 4 rings (SSSR count). The summed E-state index contributed by atoms with van der Waals surface area (Å²) >= 11 is 0. The fraction of sp³-hybridized carbons (Fsp3) is 0.286. The summed E-state index contributed by atoms with van der Waals surface area (Å²) in [4.78, 5) is 53.9. The first-order valence-electron chi connectivity index (χ1n) is 9.73. The molecule has 0 spiro atoms. The molecule has 1 aromatic carbocycles. The molecule has 0 radical (unpaired) electrons. The second-order valence-corrected chi connectivity index (χ2v) is 7.43. The Morgan fingerprint density at radius 2 is 1.91 bits per heavy atom. The van der Waals surface area contributed by atoms with Gasteiger partial charge in [0.25, 0.3) is 11.8 Å². The molecule has 0 saturated carbocycles. The van der Waals surface area contributed by atoms with Crippen molar-refractivity contribution in [1.29, 1.82) is 0 Å². The van der Waals surface area contributed by atoms with Crippen LogP contribution in [-0.4, -0.2) is 39.6 Å². The van der Waals surface area contributed by atoms with Crippen LogP contribution in [0.15, 0.2) is 36.4 Å². The summed E-state index contributed by atoms with van der Waals surface area (Å²) in [5.41, 5.74) is -0.175. The lowest BCUT2D eigenvalue weighted by Crippen LogP contribution is -2.52. The van der Waals surface area contributed by atoms with E-state index in [2.05, 4.69) is 15.6 Å². The van der Waals surface area contributed by atoms with Crippen molar-refractivity contribution in [3.05, 3.63) is 64.5 Å². The van der Waals surface area contributed by atoms with Crippen LogP contribution in [-0.2, 0) is 28.9 Å². The van der Waals surface area contributed by atoms with E-state index < -0.39 is 41.5 Å². The SMILES string of the molecule is O=C1CCC(N2Cc3c(C(=O)NCc4cccc(C(F)(F)F)n4)cccc3C2=O)C(=O)N1. The molecule has 32 heavy (non-hydrogen) atoms. The fourth-order valence-corrected chi connectivity index (χ4v) is 3.80. The normalized spacial score (nSPS) is 18.4. The van der Waals surface area contributed by atoms with Crippen LogP contribution in [0.1, 0.15) is 50.5 Å². The molecule has 8 nitrogen and oxygen atoms in total. The monoisotopic (exact) mass is 446 g/mol. The second-order valence-electron chi connectivity index (χ2n) is 7.43. The molecule has 11 heteroatoms. The van der Waals surface area contributed by atoms with E-state index in [-0.39, 0.29) is 42.8 Å². The van der Waals surface area contributed by atoms with Crippen LogP contribution < -0.4 is 10.6 Å². The molecule has 166 valence electrons. The number of imide groups is 1. The number of carbonyl (C=O) groups is 4. The van der Waals surface area contributed by atoms with Crippen molar-refractivity contribution in [2.24, 2.45) is 0 Å². The number of hydrogen-bond acceptors (Lipinski definition) is 5. The number of halogens is 3. The number of nitrogens with one attached hydrogen (secondary N) is 2. The maximum atomic E-state index is 12.8. The molecule has 1 fully saturated rings. The molecule has 2 N–H and O–H groups in total. The number of fused-ring (bicyclic) bond motifs is 1. The third-order valence-corrected chi connectivity index (χ3v) is 5.35. The molecule has 1 aromatic heterocycles. The average molecular weight is 446 g/mol. The molecule has 2 aliphatic rings. The zero-order valence-corrected chi connectivity index (χ0v) is 16.5. The summed E-state index contributed by atoms with van der Waals surface area (Å²) in [6.45, 7) is -0.233. The Balaban J connectivity index is 1.50. The van der Waals surface area contributed by atoms with E-state index in [9.17, 15) is 32.3 Å². The summed E-state index contributed by atoms with van der Waals surface area (Å²) in [6, 6.07) is 7.13. The highest BCUT2D eigenvalue weighted by Gasteiger charge is 2.40. The molecular weight excluding hydrogens is 429 g/mol. The fourth-order valence-electron chi connectivity index (χ4n) is 3.80. The van der Waals surface area contributed by atoms with Gasteiger partial charge in [-0.2, -0.15) is 13.2 Å². The van der Waals surface area contributed by atoms with Crippen LogP contribution in [0.25, 0.3) is 0 Å². The minimum Gasteiger partial charge on any atom is -0.346 e. The predicted octanol–water partition coefficient (Wildman–Crippen LogP) is 1.79. The molecular formula is C21H17F3N4O4. The molecule has 0 bridgehead atoms. The van der Waals surface area contributed by atoms with Crippen molar-refractivity contribution >= 4 is 23.6 Å². The number of pyridine rings is 1. The van der Waals surface area contributed by atoms with Crippen LogP contribution in [0.3, 0.4) is 0 Å². The Labute approximate surface area is 179 Å². The van der Waals surface area contributed by atoms with Crippen LogP contribution in [0, 0.1) is 0 Å². The second kappa shape index (κ2) is 8.06. The van der Waals surface area contributed by atoms with Crippen molar-refractivity contribution < 1.29 is 32.3 Å². The largest absolute Gasteiger partial charge is 0.433 e. The molecule has 2 aromatic rings. The number of hydrogen-bond donors (Lipinski definition) is 2. The van der Waals surface area contributed by atoms with Crippen molar-refractivity contribution in [1.82, 2.24) is 20.5 Å². The predicted molar refractivity (Wildman–Crippen MR) is 103 cm³/mol. The van der Waals surface area contributed by atoms with E-state index in [1.165, 1.54) is 35.2 Å². The zero-order chi connectivity index (χ0) is 23.0. The zero-order valence-electron chi connectivity index (χ0n) is 16.5. The number of amides is 4. The topological polar surface area (TPSA) is 108 Å². The molecule has 2 aliphatic heterocycles. The van der Waals surface area contributed by atoms with Crippen LogP contribution in [0.4, 0.5) is 13.2 Å². The maximum absolute atomic E-state index is 12.8. The van der Waals surface area contributed by atoms with Gasteiger partial charge in [0.1, 0.15) is 11.7 Å². The summed E-state index contributed by atoms with van der Waals surface area (Å²) < 4.78 is 38.5. The first kappa shape index (κ1) is 21.5. The highest BCUT2D eigenvalue weighted by atomic mass is 19.4. The lowest BCUT2D eigenvalue weighted by molar-refractivity contribution is -0.141. The van der Waals surface area contributed by atoms with Gasteiger partial charge in [-0.25, -0.2) is 4.98 Å². The third-order valence-electron chi connectivity index (χ3n) is 5.35. The molecule has 1 unspecified atom stereocenters. The third kappa shape index (κ3) is 4.05. The minimum absolute atomic E-state index is 0.00580. The van der Waals surface area contributed by atoms with Gasteiger partial charge in [-0.1, -0.05) is 12.1 Å².